The molecule has 2 aliphatic rings. The van der Waals surface area contributed by atoms with Gasteiger partial charge >= 0.3 is 0 Å². The normalized spacial score (nSPS) is 28.7. The number of carbonyl (C=O) groups excluding carboxylic acids is 1. The number of likely N-dealkylation sites (tertiary alicyclic amines) is 1. The van der Waals surface area contributed by atoms with Crippen molar-refractivity contribution in [3.8, 4) is 0 Å². The molecule has 5 nitrogen and oxygen atoms in total. The molecule has 0 aliphatic carbocycles. The van der Waals surface area contributed by atoms with Crippen molar-refractivity contribution in [3.05, 3.63) is 0 Å². The summed E-state index contributed by atoms with van der Waals surface area (Å²) in [5, 5.41) is 3.02. The molecule has 1 amide bonds. The molecule has 0 saturated carbocycles. The average molecular weight is 283 g/mol. The fourth-order valence-electron chi connectivity index (χ4n) is 3.18. The first kappa shape index (κ1) is 15.7. The van der Waals surface area contributed by atoms with E-state index >= 15 is 0 Å². The number of nitrogens with two attached hydrogens (primary N) is 1. The molecule has 20 heavy (non-hydrogen) atoms. The Hall–Kier alpha value is -0.650. The first-order valence-corrected chi connectivity index (χ1v) is 8.08. The lowest BCUT2D eigenvalue weighted by Crippen LogP contribution is -2.38. The minimum Gasteiger partial charge on any atom is -0.364 e. The van der Waals surface area contributed by atoms with Crippen LogP contribution in [0.1, 0.15) is 39.0 Å². The molecule has 0 unspecified atom stereocenters. The van der Waals surface area contributed by atoms with E-state index in [9.17, 15) is 4.79 Å². The van der Waals surface area contributed by atoms with Crippen LogP contribution in [0.2, 0.25) is 0 Å². The van der Waals surface area contributed by atoms with Gasteiger partial charge in [0.05, 0.1) is 6.10 Å². The van der Waals surface area contributed by atoms with E-state index < -0.39 is 0 Å². The Morgan fingerprint density at radius 1 is 1.30 bits per heavy atom. The second-order valence-electron chi connectivity index (χ2n) is 6.02. The standard InChI is InChI=1S/C15H29N3O2/c1-2-18-9-6-12(7-10-18)5-8-17-15(19)14-4-3-13(11-16)20-14/h12-14H,2-11,16H2,1H3,(H,17,19)/t13-,14+/m1/s1. The molecule has 0 spiro atoms. The van der Waals surface area contributed by atoms with Crippen LogP contribution in [-0.4, -0.2) is 55.7 Å². The number of nitrogens with one attached hydrogen (secondary N) is 1. The Kier molecular flexibility index (Phi) is 6.26. The van der Waals surface area contributed by atoms with Gasteiger partial charge in [-0.1, -0.05) is 6.92 Å². The van der Waals surface area contributed by atoms with Gasteiger partial charge in [-0.2, -0.15) is 0 Å². The van der Waals surface area contributed by atoms with Gasteiger partial charge < -0.3 is 20.7 Å². The van der Waals surface area contributed by atoms with E-state index in [0.717, 1.165) is 38.3 Å². The van der Waals surface area contributed by atoms with Crippen molar-refractivity contribution in [3.63, 3.8) is 0 Å². The molecule has 2 rings (SSSR count). The first-order valence-electron chi connectivity index (χ1n) is 8.08. The third-order valence-electron chi connectivity index (χ3n) is 4.67. The predicted molar refractivity (Wildman–Crippen MR) is 79.4 cm³/mol. The van der Waals surface area contributed by atoms with Crippen molar-refractivity contribution in [1.29, 1.82) is 0 Å². The van der Waals surface area contributed by atoms with Crippen LogP contribution >= 0.6 is 0 Å². The van der Waals surface area contributed by atoms with Gasteiger partial charge in [0.2, 0.25) is 5.91 Å². The molecule has 0 aromatic carbocycles. The molecule has 5 heteroatoms. The summed E-state index contributed by atoms with van der Waals surface area (Å²) in [6.45, 7) is 7.09. The zero-order chi connectivity index (χ0) is 14.4. The number of hydrogen-bond donors (Lipinski definition) is 2. The topological polar surface area (TPSA) is 67.6 Å². The van der Waals surface area contributed by atoms with E-state index in [1.807, 2.05) is 0 Å². The zero-order valence-corrected chi connectivity index (χ0v) is 12.6. The second kappa shape index (κ2) is 7.96. The Bertz CT molecular complexity index is 303. The highest BCUT2D eigenvalue weighted by molar-refractivity contribution is 5.80. The number of nitrogens with zero attached hydrogens (tertiary/aromatic N) is 1. The highest BCUT2D eigenvalue weighted by atomic mass is 16.5. The van der Waals surface area contributed by atoms with Gasteiger partial charge in [-0.15, -0.1) is 0 Å². The van der Waals surface area contributed by atoms with E-state index in [1.165, 1.54) is 25.9 Å². The van der Waals surface area contributed by atoms with Crippen molar-refractivity contribution in [1.82, 2.24) is 10.2 Å². The molecule has 2 fully saturated rings. The average Bonchev–Trinajstić information content (AvgIpc) is 2.97. The van der Waals surface area contributed by atoms with Gasteiger partial charge in [0, 0.05) is 13.1 Å². The fourth-order valence-corrected chi connectivity index (χ4v) is 3.18. The maximum Gasteiger partial charge on any atom is 0.249 e. The number of ether oxygens (including phenoxy) is 1. The maximum atomic E-state index is 12.0. The van der Waals surface area contributed by atoms with Gasteiger partial charge in [-0.25, -0.2) is 0 Å². The summed E-state index contributed by atoms with van der Waals surface area (Å²) < 4.78 is 5.60. The lowest BCUT2D eigenvalue weighted by atomic mass is 9.93. The van der Waals surface area contributed by atoms with Crippen molar-refractivity contribution < 1.29 is 9.53 Å². The van der Waals surface area contributed by atoms with Crippen molar-refractivity contribution >= 4 is 5.91 Å². The van der Waals surface area contributed by atoms with Crippen LogP contribution in [0.3, 0.4) is 0 Å². The van der Waals surface area contributed by atoms with Crippen LogP contribution in [-0.2, 0) is 9.53 Å². The summed E-state index contributed by atoms with van der Waals surface area (Å²) >= 11 is 0. The van der Waals surface area contributed by atoms with Crippen LogP contribution in [0.4, 0.5) is 0 Å². The molecule has 0 aromatic rings. The van der Waals surface area contributed by atoms with E-state index in [2.05, 4.69) is 17.1 Å². The molecule has 2 aliphatic heterocycles. The Balaban J connectivity index is 1.58. The largest absolute Gasteiger partial charge is 0.364 e. The molecule has 0 radical (unpaired) electrons. The SMILES string of the molecule is CCN1CCC(CCNC(=O)[C@@H]2CC[C@H](CN)O2)CC1. The van der Waals surface area contributed by atoms with Crippen LogP contribution in [0.25, 0.3) is 0 Å². The summed E-state index contributed by atoms with van der Waals surface area (Å²) in [5.74, 6) is 0.811. The molecule has 0 bridgehead atoms. The van der Waals surface area contributed by atoms with Crippen molar-refractivity contribution in [2.45, 2.75) is 51.2 Å². The van der Waals surface area contributed by atoms with Gasteiger partial charge in [0.15, 0.2) is 0 Å². The number of carbonyl (C=O) groups is 1. The summed E-state index contributed by atoms with van der Waals surface area (Å²) in [6, 6.07) is 0. The van der Waals surface area contributed by atoms with Crippen molar-refractivity contribution in [2.24, 2.45) is 11.7 Å². The summed E-state index contributed by atoms with van der Waals surface area (Å²) in [4.78, 5) is 14.5. The third-order valence-corrected chi connectivity index (χ3v) is 4.67. The lowest BCUT2D eigenvalue weighted by Gasteiger charge is -2.31. The maximum absolute atomic E-state index is 12.0. The first-order chi connectivity index (χ1) is 9.72. The number of rotatable bonds is 6. The van der Waals surface area contributed by atoms with E-state index in [1.54, 1.807) is 0 Å². The van der Waals surface area contributed by atoms with Crippen LogP contribution in [0.5, 0.6) is 0 Å². The number of hydrogen-bond acceptors (Lipinski definition) is 4. The molecule has 2 saturated heterocycles. The van der Waals surface area contributed by atoms with Gasteiger partial charge in [0.25, 0.3) is 0 Å². The monoisotopic (exact) mass is 283 g/mol. The minimum atomic E-state index is -0.273. The van der Waals surface area contributed by atoms with Crippen molar-refractivity contribution in [2.75, 3.05) is 32.7 Å². The Labute approximate surface area is 122 Å². The smallest absolute Gasteiger partial charge is 0.249 e. The summed E-state index contributed by atoms with van der Waals surface area (Å²) in [7, 11) is 0. The molecule has 2 atom stereocenters. The lowest BCUT2D eigenvalue weighted by molar-refractivity contribution is -0.131. The molecular formula is C15H29N3O2. The molecule has 116 valence electrons. The second-order valence-corrected chi connectivity index (χ2v) is 6.02. The van der Waals surface area contributed by atoms with Gasteiger partial charge in [-0.05, 0) is 57.7 Å². The van der Waals surface area contributed by atoms with Crippen LogP contribution in [0, 0.1) is 5.92 Å². The highest BCUT2D eigenvalue weighted by Crippen LogP contribution is 2.21. The highest BCUT2D eigenvalue weighted by Gasteiger charge is 2.29. The predicted octanol–water partition coefficient (Wildman–Crippen LogP) is 0.731. The molecular weight excluding hydrogens is 254 g/mol. The molecule has 0 aromatic heterocycles. The Morgan fingerprint density at radius 2 is 2.05 bits per heavy atom. The third kappa shape index (κ3) is 4.43. The zero-order valence-electron chi connectivity index (χ0n) is 12.6. The number of amides is 1. The fraction of sp³-hybridized carbons (Fsp3) is 0.933. The van der Waals surface area contributed by atoms with Crippen LogP contribution < -0.4 is 11.1 Å². The van der Waals surface area contributed by atoms with E-state index in [-0.39, 0.29) is 18.1 Å². The van der Waals surface area contributed by atoms with Crippen LogP contribution in [0.15, 0.2) is 0 Å². The Morgan fingerprint density at radius 3 is 2.65 bits per heavy atom. The number of piperidine rings is 1. The van der Waals surface area contributed by atoms with Gasteiger partial charge in [-0.3, -0.25) is 4.79 Å². The van der Waals surface area contributed by atoms with E-state index in [0.29, 0.717) is 6.54 Å². The summed E-state index contributed by atoms with van der Waals surface area (Å²) in [5.41, 5.74) is 5.56. The van der Waals surface area contributed by atoms with Gasteiger partial charge in [0.1, 0.15) is 6.10 Å². The molecule has 2 heterocycles. The minimum absolute atomic E-state index is 0.0481. The van der Waals surface area contributed by atoms with E-state index in [4.69, 9.17) is 10.5 Å². The summed E-state index contributed by atoms with van der Waals surface area (Å²) in [6.07, 6.45) is 5.13. The quantitative estimate of drug-likeness (QED) is 0.754. The molecule has 3 N–H and O–H groups in total.